The summed E-state index contributed by atoms with van der Waals surface area (Å²) in [6, 6.07) is 2.08. The fourth-order valence-electron chi connectivity index (χ4n) is 0.725. The van der Waals surface area contributed by atoms with Gasteiger partial charge in [-0.25, -0.2) is 6.92 Å². The molecule has 0 unspecified atom stereocenters. The van der Waals surface area contributed by atoms with Crippen molar-refractivity contribution in [3.63, 3.8) is 0 Å². The molecule has 1 saturated carbocycles. The van der Waals surface area contributed by atoms with Crippen LogP contribution in [-0.2, 0) is 83.8 Å². The van der Waals surface area contributed by atoms with Crippen molar-refractivity contribution in [1.29, 1.82) is 0 Å². The first-order valence-electron chi connectivity index (χ1n) is 5.60. The zero-order chi connectivity index (χ0) is 26.8. The Morgan fingerprint density at radius 1 is 0.645 bits per heavy atom. The Hall–Kier alpha value is -0.809. The van der Waals surface area contributed by atoms with Crippen LogP contribution in [0.25, 0.3) is 0 Å². The average molecular weight is 702 g/mol. The second kappa shape index (κ2) is 133. The molecule has 0 aromatic carbocycles. The molecule has 12 heteroatoms. The van der Waals surface area contributed by atoms with Crippen LogP contribution in [0.3, 0.4) is 0 Å². The van der Waals surface area contributed by atoms with Crippen LogP contribution < -0.4 is 0 Å². The Kier molecular flexibility index (Phi) is 271. The first-order chi connectivity index (χ1) is 14.8. The maximum atomic E-state index is 7.50. The summed E-state index contributed by atoms with van der Waals surface area (Å²) in [6.07, 6.45) is 10.0. The Balaban J connectivity index is -0.0000000209. The summed E-state index contributed by atoms with van der Waals surface area (Å²) in [4.78, 5) is 1.18. The number of rotatable bonds is 0. The minimum absolute atomic E-state index is 0. The van der Waals surface area contributed by atoms with Gasteiger partial charge in [0.2, 0.25) is 0 Å². The van der Waals surface area contributed by atoms with Crippen LogP contribution in [0, 0.1) is 99.2 Å². The molecule has 1 aliphatic carbocycles. The zero-order valence-electron chi connectivity index (χ0n) is 15.5. The van der Waals surface area contributed by atoms with Crippen molar-refractivity contribution < 1.29 is 83.8 Å². The first kappa shape index (κ1) is 63.1. The number of hydrogen-bond donors (Lipinski definition) is 0. The SMILES string of the molecule is [C-]#[O+].[C-]#[O+].[C-]#[O+].[C-]#[O+].[C-]#[O+].[C-]#[O+].[C-]#[O+].[C-]#[O+].[CH2-]c1sccc1C.[CH]1[CH][CH][CH][CH]1.[Co].[Co]=[W]. The second-order valence-corrected chi connectivity index (χ2v) is 3.49. The predicted molar refractivity (Wildman–Crippen MR) is 86.5 cm³/mol. The van der Waals surface area contributed by atoms with Crippen LogP contribution in [0.2, 0.25) is 0 Å². The minimum atomic E-state index is 0. The van der Waals surface area contributed by atoms with E-state index in [1.54, 1.807) is 11.3 Å². The van der Waals surface area contributed by atoms with Crippen molar-refractivity contribution in [2.24, 2.45) is 0 Å². The molecule has 0 spiro atoms. The zero-order valence-corrected chi connectivity index (χ0v) is 21.3. The molecule has 31 heavy (non-hydrogen) atoms. The summed E-state index contributed by atoms with van der Waals surface area (Å²) in [7, 11) is 0. The Bertz CT molecular complexity index is 447. The van der Waals surface area contributed by atoms with Gasteiger partial charge in [-0.05, 0) is 37.5 Å². The van der Waals surface area contributed by atoms with E-state index < -0.39 is 0 Å². The maximum absolute atomic E-state index is 7.50. The molecule has 167 valence electrons. The molecule has 1 aromatic rings. The summed E-state index contributed by atoms with van der Waals surface area (Å²) in [5.41, 5.74) is 1.30. The van der Waals surface area contributed by atoms with Crippen LogP contribution in [0.1, 0.15) is 10.4 Å². The van der Waals surface area contributed by atoms with Crippen molar-refractivity contribution in [2.45, 2.75) is 6.92 Å². The fraction of sp³-hybridized carbons (Fsp3) is 0.0526. The van der Waals surface area contributed by atoms with Gasteiger partial charge in [-0.15, -0.1) is 17.9 Å². The van der Waals surface area contributed by atoms with Gasteiger partial charge in [0.25, 0.3) is 0 Å². The normalized spacial score (nSPS) is 6.65. The third-order valence-electron chi connectivity index (χ3n) is 1.52. The van der Waals surface area contributed by atoms with Gasteiger partial charge in [-0.2, -0.15) is 16.9 Å². The van der Waals surface area contributed by atoms with Gasteiger partial charge in [-0.1, -0.05) is 0 Å². The van der Waals surface area contributed by atoms with Crippen molar-refractivity contribution in [2.75, 3.05) is 0 Å². The van der Waals surface area contributed by atoms with Gasteiger partial charge >= 0.3 is 120 Å². The Morgan fingerprint density at radius 3 is 0.903 bits per heavy atom. The number of hydrogen-bond acceptors (Lipinski definition) is 1. The van der Waals surface area contributed by atoms with E-state index in [0.717, 1.165) is 0 Å². The van der Waals surface area contributed by atoms with Crippen LogP contribution in [-0.4, -0.2) is 0 Å². The molecule has 6 radical (unpaired) electrons. The van der Waals surface area contributed by atoms with Gasteiger partial charge in [0.1, 0.15) is 0 Å². The molecule has 0 N–H and O–H groups in total. The quantitative estimate of drug-likeness (QED) is 0.288. The number of aryl methyl sites for hydroxylation is 1. The Morgan fingerprint density at radius 2 is 0.839 bits per heavy atom. The van der Waals surface area contributed by atoms with Crippen molar-refractivity contribution >= 4 is 11.3 Å². The van der Waals surface area contributed by atoms with E-state index in [0.29, 0.717) is 0 Å². The average Bonchev–Trinajstić information content (AvgIpc) is 3.61. The molecule has 0 atom stereocenters. The Labute approximate surface area is 215 Å². The van der Waals surface area contributed by atoms with E-state index in [4.69, 9.17) is 37.2 Å². The van der Waals surface area contributed by atoms with Gasteiger partial charge in [0.05, 0.1) is 0 Å². The van der Waals surface area contributed by atoms with Crippen molar-refractivity contribution in [3.05, 3.63) is 114 Å². The summed E-state index contributed by atoms with van der Waals surface area (Å²) in [6.45, 7) is 41.9. The van der Waals surface area contributed by atoms with Crippen molar-refractivity contribution in [1.82, 2.24) is 0 Å². The first-order valence-corrected chi connectivity index (χ1v) is 10.9. The van der Waals surface area contributed by atoms with Crippen LogP contribution in [0.5, 0.6) is 0 Å². The molecule has 1 fully saturated rings. The fourth-order valence-corrected chi connectivity index (χ4v) is 1.42. The molecule has 1 aliphatic rings. The topological polar surface area (TPSA) is 159 Å². The number of thiophene rings is 1. The van der Waals surface area contributed by atoms with E-state index in [2.05, 4.69) is 91.1 Å². The summed E-state index contributed by atoms with van der Waals surface area (Å²) < 4.78 is 60.0. The second-order valence-electron chi connectivity index (χ2n) is 2.49. The predicted octanol–water partition coefficient (Wildman–Crippen LogP) is 2.95. The molecule has 0 aliphatic heterocycles. The van der Waals surface area contributed by atoms with E-state index in [1.165, 1.54) is 27.7 Å². The van der Waals surface area contributed by atoms with E-state index >= 15 is 0 Å². The van der Waals surface area contributed by atoms with E-state index in [9.17, 15) is 0 Å². The molecule has 0 amide bonds. The summed E-state index contributed by atoms with van der Waals surface area (Å²) >= 11 is 6.61. The summed E-state index contributed by atoms with van der Waals surface area (Å²) in [5, 5.41) is 2.05. The van der Waals surface area contributed by atoms with Gasteiger partial charge in [-0.3, -0.25) is 0 Å². The molecular formula is C19H12Co2O8SW-. The van der Waals surface area contributed by atoms with Gasteiger partial charge < -0.3 is 0 Å². The van der Waals surface area contributed by atoms with Crippen LogP contribution in [0.4, 0.5) is 0 Å². The third-order valence-corrected chi connectivity index (χ3v) is 2.40. The van der Waals surface area contributed by atoms with Crippen LogP contribution >= 0.6 is 11.3 Å². The molecule has 2 rings (SSSR count). The molecule has 1 aromatic heterocycles. The summed E-state index contributed by atoms with van der Waals surface area (Å²) in [5.74, 6) is 0. The molecule has 1 heterocycles. The molecular weight excluding hydrogens is 690 g/mol. The van der Waals surface area contributed by atoms with Crippen LogP contribution in [0.15, 0.2) is 11.4 Å². The third kappa shape index (κ3) is 107. The molecule has 0 saturated heterocycles. The van der Waals surface area contributed by atoms with Gasteiger partial charge in [0, 0.05) is 16.8 Å². The van der Waals surface area contributed by atoms with E-state index in [1.807, 2.05) is 32.1 Å². The van der Waals surface area contributed by atoms with E-state index in [-0.39, 0.29) is 16.8 Å². The molecule has 0 bridgehead atoms. The van der Waals surface area contributed by atoms with Crippen molar-refractivity contribution in [3.8, 4) is 0 Å². The monoisotopic (exact) mass is 702 g/mol. The standard InChI is InChI=1S/C6H7S.C5H5.8CO.2Co.W/c1-5-3-4-7-6(5)2;1-2-4-5-3-1;8*1-2;;;/h3-4H,2H2,1H3;1-5H;;;;;;;;;;;/q-1;;;;;;;;;;;;. The molecule has 8 nitrogen and oxygen atoms in total. The van der Waals surface area contributed by atoms with Gasteiger partial charge in [0.15, 0.2) is 0 Å².